The maximum atomic E-state index is 4.00. The zero-order valence-electron chi connectivity index (χ0n) is 5.39. The Bertz CT molecular complexity index is 175. The van der Waals surface area contributed by atoms with Crippen LogP contribution in [-0.2, 0) is 3.42 Å². The summed E-state index contributed by atoms with van der Waals surface area (Å²) in [6.45, 7) is 4.36. The topological polar surface area (TPSA) is 12.9 Å². The molecule has 0 saturated carbocycles. The SMILES string of the molecule is CC(C)(I)c1cncs1. The molecule has 0 aliphatic carbocycles. The number of thiazole rings is 1. The Morgan fingerprint density at radius 1 is 1.67 bits per heavy atom. The van der Waals surface area contributed by atoms with E-state index in [1.807, 2.05) is 11.7 Å². The highest BCUT2D eigenvalue weighted by atomic mass is 127. The molecule has 3 heteroatoms. The second-order valence-electron chi connectivity index (χ2n) is 2.34. The third-order valence-corrected chi connectivity index (χ3v) is 3.06. The van der Waals surface area contributed by atoms with E-state index in [-0.39, 0.29) is 3.42 Å². The van der Waals surface area contributed by atoms with Gasteiger partial charge in [0.2, 0.25) is 0 Å². The summed E-state index contributed by atoms with van der Waals surface area (Å²) in [5.74, 6) is 0. The van der Waals surface area contributed by atoms with Gasteiger partial charge in [0.25, 0.3) is 0 Å². The van der Waals surface area contributed by atoms with Crippen molar-refractivity contribution in [2.24, 2.45) is 0 Å². The molecule has 0 bridgehead atoms. The molecule has 0 saturated heterocycles. The molecule has 1 heterocycles. The lowest BCUT2D eigenvalue weighted by Gasteiger charge is -2.11. The van der Waals surface area contributed by atoms with Gasteiger partial charge in [0.1, 0.15) is 0 Å². The van der Waals surface area contributed by atoms with Crippen LogP contribution in [-0.4, -0.2) is 4.98 Å². The number of hydrogen-bond acceptors (Lipinski definition) is 2. The molecule has 1 nitrogen and oxygen atoms in total. The van der Waals surface area contributed by atoms with Crippen LogP contribution in [0.4, 0.5) is 0 Å². The average molecular weight is 253 g/mol. The zero-order valence-corrected chi connectivity index (χ0v) is 8.36. The van der Waals surface area contributed by atoms with Crippen LogP contribution in [0.5, 0.6) is 0 Å². The highest BCUT2D eigenvalue weighted by Crippen LogP contribution is 2.32. The van der Waals surface area contributed by atoms with E-state index in [9.17, 15) is 0 Å². The largest absolute Gasteiger partial charge is 0.253 e. The summed E-state index contributed by atoms with van der Waals surface area (Å²) < 4.78 is 0.249. The van der Waals surface area contributed by atoms with Crippen LogP contribution in [0.3, 0.4) is 0 Å². The van der Waals surface area contributed by atoms with Crippen LogP contribution >= 0.6 is 33.9 Å². The van der Waals surface area contributed by atoms with E-state index in [1.54, 1.807) is 11.3 Å². The van der Waals surface area contributed by atoms with Gasteiger partial charge in [-0.2, -0.15) is 0 Å². The van der Waals surface area contributed by atoms with E-state index in [2.05, 4.69) is 41.4 Å². The molecular formula is C6H8INS. The first-order chi connectivity index (χ1) is 4.11. The van der Waals surface area contributed by atoms with Crippen molar-refractivity contribution < 1.29 is 0 Å². The summed E-state index contributed by atoms with van der Waals surface area (Å²) >= 11 is 4.12. The molecule has 0 aliphatic rings. The van der Waals surface area contributed by atoms with Gasteiger partial charge in [0, 0.05) is 11.1 Å². The summed E-state index contributed by atoms with van der Waals surface area (Å²) in [5, 5.41) is 0. The standard InChI is InChI=1S/C6H8INS/c1-6(2,7)5-3-8-4-9-5/h3-4H,1-2H3. The minimum absolute atomic E-state index is 0.249. The van der Waals surface area contributed by atoms with Crippen molar-refractivity contribution in [2.45, 2.75) is 17.3 Å². The van der Waals surface area contributed by atoms with Gasteiger partial charge < -0.3 is 0 Å². The highest BCUT2D eigenvalue weighted by Gasteiger charge is 2.16. The molecule has 0 fully saturated rings. The fourth-order valence-electron chi connectivity index (χ4n) is 0.509. The van der Waals surface area contributed by atoms with Crippen molar-refractivity contribution in [1.82, 2.24) is 4.98 Å². The molecule has 0 atom stereocenters. The fourth-order valence-corrected chi connectivity index (χ4v) is 1.67. The minimum atomic E-state index is 0.249. The normalized spacial score (nSPS) is 11.9. The van der Waals surface area contributed by atoms with E-state index in [0.717, 1.165) is 0 Å². The molecule has 0 amide bonds. The van der Waals surface area contributed by atoms with Gasteiger partial charge in [-0.25, -0.2) is 0 Å². The van der Waals surface area contributed by atoms with Gasteiger partial charge in [-0.3, -0.25) is 4.98 Å². The Morgan fingerprint density at radius 3 is 2.56 bits per heavy atom. The molecule has 0 N–H and O–H groups in total. The summed E-state index contributed by atoms with van der Waals surface area (Å²) in [6, 6.07) is 0. The smallest absolute Gasteiger partial charge is 0.0794 e. The van der Waals surface area contributed by atoms with Crippen molar-refractivity contribution in [3.05, 3.63) is 16.6 Å². The Balaban J connectivity index is 2.90. The first-order valence-electron chi connectivity index (χ1n) is 2.68. The predicted octanol–water partition coefficient (Wildman–Crippen LogP) is 2.81. The first kappa shape index (κ1) is 7.47. The van der Waals surface area contributed by atoms with Crippen LogP contribution in [0.1, 0.15) is 18.7 Å². The highest BCUT2D eigenvalue weighted by molar-refractivity contribution is 14.1. The van der Waals surface area contributed by atoms with Gasteiger partial charge in [-0.15, -0.1) is 11.3 Å². The second kappa shape index (κ2) is 2.54. The maximum absolute atomic E-state index is 4.00. The number of nitrogens with zero attached hydrogens (tertiary/aromatic N) is 1. The molecular weight excluding hydrogens is 245 g/mol. The summed E-state index contributed by atoms with van der Waals surface area (Å²) in [4.78, 5) is 5.34. The van der Waals surface area contributed by atoms with Gasteiger partial charge in [-0.05, 0) is 13.8 Å². The second-order valence-corrected chi connectivity index (χ2v) is 5.92. The minimum Gasteiger partial charge on any atom is -0.253 e. The van der Waals surface area contributed by atoms with E-state index >= 15 is 0 Å². The van der Waals surface area contributed by atoms with E-state index in [0.29, 0.717) is 0 Å². The molecule has 0 aliphatic heterocycles. The zero-order chi connectivity index (χ0) is 6.91. The Morgan fingerprint density at radius 2 is 2.33 bits per heavy atom. The Labute approximate surface area is 72.6 Å². The lowest BCUT2D eigenvalue weighted by Crippen LogP contribution is -2.02. The van der Waals surface area contributed by atoms with Crippen molar-refractivity contribution in [2.75, 3.05) is 0 Å². The average Bonchev–Trinajstić information content (AvgIpc) is 2.08. The van der Waals surface area contributed by atoms with Crippen LogP contribution in [0, 0.1) is 0 Å². The third kappa shape index (κ3) is 1.89. The van der Waals surface area contributed by atoms with E-state index < -0.39 is 0 Å². The Kier molecular flexibility index (Phi) is 2.10. The molecule has 1 aromatic heterocycles. The maximum Gasteiger partial charge on any atom is 0.0794 e. The van der Waals surface area contributed by atoms with Crippen molar-refractivity contribution in [3.63, 3.8) is 0 Å². The lowest BCUT2D eigenvalue weighted by atomic mass is 10.2. The van der Waals surface area contributed by atoms with Crippen molar-refractivity contribution >= 4 is 33.9 Å². The van der Waals surface area contributed by atoms with Crippen molar-refractivity contribution in [1.29, 1.82) is 0 Å². The molecule has 1 rings (SSSR count). The number of rotatable bonds is 1. The van der Waals surface area contributed by atoms with Crippen LogP contribution in [0.15, 0.2) is 11.7 Å². The van der Waals surface area contributed by atoms with Gasteiger partial charge in [0.15, 0.2) is 0 Å². The first-order valence-corrected chi connectivity index (χ1v) is 4.64. The van der Waals surface area contributed by atoms with Crippen LogP contribution in [0.25, 0.3) is 0 Å². The van der Waals surface area contributed by atoms with E-state index in [1.165, 1.54) is 4.88 Å². The molecule has 0 radical (unpaired) electrons. The van der Waals surface area contributed by atoms with Gasteiger partial charge in [-0.1, -0.05) is 22.6 Å². The number of halogens is 1. The van der Waals surface area contributed by atoms with Gasteiger partial charge >= 0.3 is 0 Å². The van der Waals surface area contributed by atoms with Crippen LogP contribution in [0.2, 0.25) is 0 Å². The number of alkyl halides is 1. The van der Waals surface area contributed by atoms with Gasteiger partial charge in [0.05, 0.1) is 8.93 Å². The van der Waals surface area contributed by atoms with E-state index in [4.69, 9.17) is 0 Å². The molecule has 9 heavy (non-hydrogen) atoms. The molecule has 0 aromatic carbocycles. The number of aromatic nitrogens is 1. The molecule has 50 valence electrons. The predicted molar refractivity (Wildman–Crippen MR) is 49.2 cm³/mol. The van der Waals surface area contributed by atoms with Crippen molar-refractivity contribution in [3.8, 4) is 0 Å². The summed E-state index contributed by atoms with van der Waals surface area (Å²) in [7, 11) is 0. The Hall–Kier alpha value is 0.360. The van der Waals surface area contributed by atoms with Crippen LogP contribution < -0.4 is 0 Å². The molecule has 1 aromatic rings. The monoisotopic (exact) mass is 253 g/mol. The quantitative estimate of drug-likeness (QED) is 0.554. The third-order valence-electron chi connectivity index (χ3n) is 1.02. The molecule has 0 spiro atoms. The number of hydrogen-bond donors (Lipinski definition) is 0. The molecule has 0 unspecified atom stereocenters. The fraction of sp³-hybridized carbons (Fsp3) is 0.500. The summed E-state index contributed by atoms with van der Waals surface area (Å²) in [6.07, 6.45) is 1.93. The lowest BCUT2D eigenvalue weighted by molar-refractivity contribution is 0.845. The summed E-state index contributed by atoms with van der Waals surface area (Å²) in [5.41, 5.74) is 1.87.